The van der Waals surface area contributed by atoms with Crippen molar-refractivity contribution in [2.75, 3.05) is 25.4 Å². The Morgan fingerprint density at radius 2 is 2.11 bits per heavy atom. The first-order valence-electron chi connectivity index (χ1n) is 6.75. The zero-order chi connectivity index (χ0) is 13.5. The second kappa shape index (κ2) is 7.21. The number of hydrogen-bond donors (Lipinski definition) is 1. The molecule has 102 valence electrons. The number of rotatable bonds is 7. The van der Waals surface area contributed by atoms with Gasteiger partial charge in [-0.1, -0.05) is 27.2 Å². The van der Waals surface area contributed by atoms with Crippen LogP contribution in [0.5, 0.6) is 0 Å². The second-order valence-electron chi connectivity index (χ2n) is 4.90. The maximum atomic E-state index is 11.6. The smallest absolute Gasteiger partial charge is 0.250 e. The molecular weight excluding hydrogens is 226 g/mol. The van der Waals surface area contributed by atoms with E-state index < -0.39 is 0 Å². The van der Waals surface area contributed by atoms with Gasteiger partial charge in [-0.15, -0.1) is 0 Å². The third-order valence-electron chi connectivity index (χ3n) is 3.38. The second-order valence-corrected chi connectivity index (χ2v) is 4.90. The molecule has 2 N–H and O–H groups in total. The Morgan fingerprint density at radius 3 is 2.72 bits per heavy atom. The summed E-state index contributed by atoms with van der Waals surface area (Å²) in [5.41, 5.74) is 6.35. The predicted octanol–water partition coefficient (Wildman–Crippen LogP) is 1.80. The molecule has 0 fully saturated rings. The maximum absolute atomic E-state index is 11.6. The summed E-state index contributed by atoms with van der Waals surface area (Å²) in [5.74, 6) is 0.697. The van der Waals surface area contributed by atoms with Crippen molar-refractivity contribution in [2.24, 2.45) is 5.92 Å². The number of likely N-dealkylation sites (N-methyl/N-ethyl adjacent to an activating group) is 1. The third-order valence-corrected chi connectivity index (χ3v) is 3.38. The Hall–Kier alpha value is -1.29. The van der Waals surface area contributed by atoms with Gasteiger partial charge in [0.2, 0.25) is 0 Å². The molecule has 1 atom stereocenters. The highest BCUT2D eigenvalue weighted by atomic mass is 16.1. The average Bonchev–Trinajstić information content (AvgIpc) is 2.37. The van der Waals surface area contributed by atoms with Crippen LogP contribution in [0.15, 0.2) is 23.1 Å². The van der Waals surface area contributed by atoms with E-state index >= 15 is 0 Å². The first kappa shape index (κ1) is 14.8. The van der Waals surface area contributed by atoms with Gasteiger partial charge in [0.1, 0.15) is 0 Å². The molecule has 0 radical (unpaired) electrons. The summed E-state index contributed by atoms with van der Waals surface area (Å²) >= 11 is 0. The Morgan fingerprint density at radius 1 is 1.39 bits per heavy atom. The quantitative estimate of drug-likeness (QED) is 0.804. The number of anilines is 1. The Bertz CT molecular complexity index is 414. The summed E-state index contributed by atoms with van der Waals surface area (Å²) in [4.78, 5) is 14.0. The molecule has 4 heteroatoms. The van der Waals surface area contributed by atoms with Gasteiger partial charge in [0.05, 0.1) is 0 Å². The van der Waals surface area contributed by atoms with Gasteiger partial charge < -0.3 is 15.2 Å². The van der Waals surface area contributed by atoms with Crippen LogP contribution in [0, 0.1) is 5.92 Å². The van der Waals surface area contributed by atoms with E-state index in [2.05, 4.69) is 25.7 Å². The zero-order valence-electron chi connectivity index (χ0n) is 11.7. The van der Waals surface area contributed by atoms with Crippen LogP contribution in [-0.2, 0) is 6.54 Å². The highest BCUT2D eigenvalue weighted by Crippen LogP contribution is 2.04. The van der Waals surface area contributed by atoms with E-state index in [1.807, 2.05) is 0 Å². The van der Waals surface area contributed by atoms with Crippen LogP contribution in [-0.4, -0.2) is 29.1 Å². The number of aromatic nitrogens is 1. The maximum Gasteiger partial charge on any atom is 0.250 e. The van der Waals surface area contributed by atoms with E-state index in [9.17, 15) is 4.79 Å². The van der Waals surface area contributed by atoms with Gasteiger partial charge in [0, 0.05) is 37.6 Å². The lowest BCUT2D eigenvalue weighted by atomic mass is 10.1. The average molecular weight is 251 g/mol. The molecule has 1 aromatic rings. The molecule has 18 heavy (non-hydrogen) atoms. The lowest BCUT2D eigenvalue weighted by Gasteiger charge is -2.24. The molecule has 1 rings (SSSR count). The monoisotopic (exact) mass is 251 g/mol. The van der Waals surface area contributed by atoms with E-state index in [0.717, 1.165) is 19.6 Å². The van der Waals surface area contributed by atoms with Gasteiger partial charge >= 0.3 is 0 Å². The molecule has 0 bridgehead atoms. The molecule has 0 aliphatic heterocycles. The molecule has 4 nitrogen and oxygen atoms in total. The molecule has 0 aromatic carbocycles. The fourth-order valence-electron chi connectivity index (χ4n) is 1.92. The predicted molar refractivity (Wildman–Crippen MR) is 76.7 cm³/mol. The summed E-state index contributed by atoms with van der Waals surface area (Å²) in [5, 5.41) is 0. The fraction of sp³-hybridized carbons (Fsp3) is 0.643. The van der Waals surface area contributed by atoms with Crippen molar-refractivity contribution in [3.05, 3.63) is 28.7 Å². The van der Waals surface area contributed by atoms with Crippen LogP contribution in [0.4, 0.5) is 5.69 Å². The summed E-state index contributed by atoms with van der Waals surface area (Å²) in [6.07, 6.45) is 2.91. The van der Waals surface area contributed by atoms with Crippen molar-refractivity contribution in [1.29, 1.82) is 0 Å². The largest absolute Gasteiger partial charge is 0.398 e. The van der Waals surface area contributed by atoms with E-state index in [-0.39, 0.29) is 5.56 Å². The molecule has 1 unspecified atom stereocenters. The van der Waals surface area contributed by atoms with E-state index in [1.165, 1.54) is 12.5 Å². The van der Waals surface area contributed by atoms with Crippen LogP contribution in [0.2, 0.25) is 0 Å². The highest BCUT2D eigenvalue weighted by molar-refractivity contribution is 5.33. The molecule has 0 amide bonds. The van der Waals surface area contributed by atoms with Gasteiger partial charge in [-0.3, -0.25) is 4.79 Å². The minimum absolute atomic E-state index is 0.0174. The van der Waals surface area contributed by atoms with Crippen molar-refractivity contribution in [3.63, 3.8) is 0 Å². The molecule has 0 saturated heterocycles. The number of pyridine rings is 1. The summed E-state index contributed by atoms with van der Waals surface area (Å²) in [7, 11) is 0. The lowest BCUT2D eigenvalue weighted by molar-refractivity contribution is 0.236. The number of hydrogen-bond acceptors (Lipinski definition) is 3. The van der Waals surface area contributed by atoms with E-state index in [0.29, 0.717) is 18.2 Å². The van der Waals surface area contributed by atoms with E-state index in [4.69, 9.17) is 5.73 Å². The highest BCUT2D eigenvalue weighted by Gasteiger charge is 2.07. The fourth-order valence-corrected chi connectivity index (χ4v) is 1.92. The Kier molecular flexibility index (Phi) is 5.92. The van der Waals surface area contributed by atoms with Crippen molar-refractivity contribution < 1.29 is 0 Å². The minimum Gasteiger partial charge on any atom is -0.398 e. The van der Waals surface area contributed by atoms with Crippen LogP contribution in [0.3, 0.4) is 0 Å². The van der Waals surface area contributed by atoms with Gasteiger partial charge in [0.15, 0.2) is 0 Å². The third kappa shape index (κ3) is 4.53. The Balaban J connectivity index is 2.57. The van der Waals surface area contributed by atoms with Crippen LogP contribution < -0.4 is 11.3 Å². The molecule has 1 heterocycles. The molecule has 1 aromatic heterocycles. The minimum atomic E-state index is 0.0174. The van der Waals surface area contributed by atoms with Gasteiger partial charge in [-0.2, -0.15) is 0 Å². The topological polar surface area (TPSA) is 51.3 Å². The summed E-state index contributed by atoms with van der Waals surface area (Å²) in [6.45, 7) is 10.3. The van der Waals surface area contributed by atoms with Crippen molar-refractivity contribution in [1.82, 2.24) is 9.47 Å². The van der Waals surface area contributed by atoms with Crippen molar-refractivity contribution >= 4 is 5.69 Å². The van der Waals surface area contributed by atoms with Crippen LogP contribution in [0.25, 0.3) is 0 Å². The van der Waals surface area contributed by atoms with E-state index in [1.54, 1.807) is 16.8 Å². The SMILES string of the molecule is CCC(C)CN(CC)CCn1cc(N)ccc1=O. The molecule has 0 saturated carbocycles. The number of nitrogen functional groups attached to an aromatic ring is 1. The number of nitrogens with zero attached hydrogens (tertiary/aromatic N) is 2. The molecule has 0 aliphatic carbocycles. The summed E-state index contributed by atoms with van der Waals surface area (Å²) in [6, 6.07) is 3.18. The molecule has 0 spiro atoms. The van der Waals surface area contributed by atoms with Gasteiger partial charge in [-0.25, -0.2) is 0 Å². The zero-order valence-corrected chi connectivity index (χ0v) is 11.7. The number of nitrogens with two attached hydrogens (primary N) is 1. The molecular formula is C14H25N3O. The Labute approximate surface area is 109 Å². The van der Waals surface area contributed by atoms with Gasteiger partial charge in [-0.05, 0) is 18.5 Å². The summed E-state index contributed by atoms with van der Waals surface area (Å²) < 4.78 is 1.69. The lowest BCUT2D eigenvalue weighted by Crippen LogP contribution is -2.33. The van der Waals surface area contributed by atoms with Gasteiger partial charge in [0.25, 0.3) is 5.56 Å². The van der Waals surface area contributed by atoms with Crippen molar-refractivity contribution in [2.45, 2.75) is 33.7 Å². The first-order chi connectivity index (χ1) is 8.56. The standard InChI is InChI=1S/C14H25N3O/c1-4-12(3)10-16(5-2)8-9-17-11-13(15)6-7-14(17)18/h6-7,11-12H,4-5,8-10,15H2,1-3H3. The normalized spacial score (nSPS) is 12.9. The van der Waals surface area contributed by atoms with Crippen molar-refractivity contribution in [3.8, 4) is 0 Å². The molecule has 0 aliphatic rings. The van der Waals surface area contributed by atoms with Crippen LogP contribution in [0.1, 0.15) is 27.2 Å². The first-order valence-corrected chi connectivity index (χ1v) is 6.75. The van der Waals surface area contributed by atoms with Crippen LogP contribution >= 0.6 is 0 Å².